The quantitative estimate of drug-likeness (QED) is 0.686. The predicted molar refractivity (Wildman–Crippen MR) is 119 cm³/mol. The maximum atomic E-state index is 5.48. The number of aliphatic imine (C=N–C) groups is 1. The van der Waals surface area contributed by atoms with Gasteiger partial charge in [-0.3, -0.25) is 4.99 Å². The molecule has 0 bridgehead atoms. The second kappa shape index (κ2) is 8.67. The van der Waals surface area contributed by atoms with Crippen LogP contribution in [0.25, 0.3) is 11.0 Å². The summed E-state index contributed by atoms with van der Waals surface area (Å²) in [4.78, 5) is 19.3. The van der Waals surface area contributed by atoms with Gasteiger partial charge in [-0.15, -0.1) is 0 Å². The molecule has 7 heteroatoms. The van der Waals surface area contributed by atoms with E-state index in [4.69, 9.17) is 9.73 Å². The minimum absolute atomic E-state index is 0.733. The standard InChI is InChI=1S/C23H26N6O/c1-3-18(23(25-8-1)29-9-11-30-12-10-29)15-27-21-6-5-17(14-26-21)13-19-16-28-22-20(19)4-2-7-24-22/h2-7,14,16H,1,8-13,15H2,(H,24,28)(H,26,27). The molecule has 0 atom stereocenters. The van der Waals surface area contributed by atoms with E-state index in [9.17, 15) is 0 Å². The van der Waals surface area contributed by atoms with Gasteiger partial charge in [-0.25, -0.2) is 9.97 Å². The van der Waals surface area contributed by atoms with Gasteiger partial charge in [-0.1, -0.05) is 12.1 Å². The number of rotatable bonds is 5. The zero-order chi connectivity index (χ0) is 20.2. The smallest absolute Gasteiger partial charge is 0.137 e. The average molecular weight is 403 g/mol. The van der Waals surface area contributed by atoms with E-state index in [0.29, 0.717) is 0 Å². The van der Waals surface area contributed by atoms with E-state index in [0.717, 1.165) is 69.5 Å². The van der Waals surface area contributed by atoms with Crippen molar-refractivity contribution in [2.75, 3.05) is 44.7 Å². The lowest BCUT2D eigenvalue weighted by Crippen LogP contribution is -2.43. The Morgan fingerprint density at radius 3 is 2.93 bits per heavy atom. The van der Waals surface area contributed by atoms with E-state index in [1.54, 1.807) is 0 Å². The molecule has 0 aromatic carbocycles. The molecule has 0 amide bonds. The lowest BCUT2D eigenvalue weighted by Gasteiger charge is -2.32. The molecule has 5 heterocycles. The Bertz CT molecular complexity index is 1060. The fraction of sp³-hybridized carbons (Fsp3) is 0.348. The van der Waals surface area contributed by atoms with Crippen molar-refractivity contribution in [3.8, 4) is 0 Å². The Hall–Kier alpha value is -3.19. The molecule has 30 heavy (non-hydrogen) atoms. The topological polar surface area (TPSA) is 78.4 Å². The number of anilines is 1. The Morgan fingerprint density at radius 1 is 1.13 bits per heavy atom. The summed E-state index contributed by atoms with van der Waals surface area (Å²) in [7, 11) is 0. The van der Waals surface area contributed by atoms with E-state index < -0.39 is 0 Å². The van der Waals surface area contributed by atoms with E-state index >= 15 is 0 Å². The molecule has 3 aromatic heterocycles. The Labute approximate surface area is 175 Å². The van der Waals surface area contributed by atoms with Crippen LogP contribution in [0.5, 0.6) is 0 Å². The number of ether oxygens (including phenoxy) is 1. The van der Waals surface area contributed by atoms with Crippen LogP contribution >= 0.6 is 0 Å². The molecule has 2 N–H and O–H groups in total. The van der Waals surface area contributed by atoms with Crippen LogP contribution in [0.1, 0.15) is 17.5 Å². The normalized spacial score (nSPS) is 17.0. The first kappa shape index (κ1) is 18.8. The van der Waals surface area contributed by atoms with Crippen molar-refractivity contribution >= 4 is 22.7 Å². The third kappa shape index (κ3) is 4.07. The molecule has 0 spiro atoms. The van der Waals surface area contributed by atoms with E-state index in [1.807, 2.05) is 24.7 Å². The predicted octanol–water partition coefficient (Wildman–Crippen LogP) is 3.02. The second-order valence-electron chi connectivity index (χ2n) is 7.62. The summed E-state index contributed by atoms with van der Waals surface area (Å²) in [5.41, 5.74) is 4.59. The van der Waals surface area contributed by atoms with Crippen molar-refractivity contribution < 1.29 is 4.74 Å². The number of hydrogen-bond donors (Lipinski definition) is 2. The maximum Gasteiger partial charge on any atom is 0.137 e. The third-order valence-electron chi connectivity index (χ3n) is 5.60. The lowest BCUT2D eigenvalue weighted by molar-refractivity contribution is 0.0680. The molecule has 154 valence electrons. The highest BCUT2D eigenvalue weighted by Gasteiger charge is 2.20. The number of morpholine rings is 1. The van der Waals surface area contributed by atoms with Crippen LogP contribution in [0.15, 0.2) is 59.5 Å². The summed E-state index contributed by atoms with van der Waals surface area (Å²) in [6.07, 6.45) is 9.91. The van der Waals surface area contributed by atoms with Crippen LogP contribution in [-0.2, 0) is 11.2 Å². The molecule has 0 aliphatic carbocycles. The van der Waals surface area contributed by atoms with Gasteiger partial charge < -0.3 is 19.9 Å². The van der Waals surface area contributed by atoms with Crippen LogP contribution in [0.4, 0.5) is 5.82 Å². The molecule has 0 saturated carbocycles. The van der Waals surface area contributed by atoms with Gasteiger partial charge in [0.15, 0.2) is 0 Å². The van der Waals surface area contributed by atoms with Gasteiger partial charge in [0.1, 0.15) is 17.3 Å². The molecule has 5 rings (SSSR count). The monoisotopic (exact) mass is 402 g/mol. The number of fused-ring (bicyclic) bond motifs is 1. The van der Waals surface area contributed by atoms with Gasteiger partial charge in [0.05, 0.1) is 13.2 Å². The molecule has 1 saturated heterocycles. The van der Waals surface area contributed by atoms with Crippen molar-refractivity contribution in [1.82, 2.24) is 19.9 Å². The molecule has 1 fully saturated rings. The first-order chi connectivity index (χ1) is 14.9. The summed E-state index contributed by atoms with van der Waals surface area (Å²) in [5.74, 6) is 1.99. The first-order valence-electron chi connectivity index (χ1n) is 10.5. The molecule has 0 unspecified atom stereocenters. The van der Waals surface area contributed by atoms with Crippen LogP contribution in [0.3, 0.4) is 0 Å². The van der Waals surface area contributed by atoms with Gasteiger partial charge in [-0.2, -0.15) is 0 Å². The summed E-state index contributed by atoms with van der Waals surface area (Å²) < 4.78 is 5.48. The van der Waals surface area contributed by atoms with Crippen molar-refractivity contribution in [3.63, 3.8) is 0 Å². The highest BCUT2D eigenvalue weighted by atomic mass is 16.5. The van der Waals surface area contributed by atoms with Crippen LogP contribution < -0.4 is 5.32 Å². The Kier molecular flexibility index (Phi) is 5.44. The van der Waals surface area contributed by atoms with Crippen molar-refractivity contribution in [3.05, 3.63) is 65.6 Å². The van der Waals surface area contributed by atoms with Gasteiger partial charge >= 0.3 is 0 Å². The van der Waals surface area contributed by atoms with E-state index in [2.05, 4.69) is 49.4 Å². The number of dihydropyridines is 1. The Balaban J connectivity index is 1.22. The zero-order valence-electron chi connectivity index (χ0n) is 17.0. The third-order valence-corrected chi connectivity index (χ3v) is 5.60. The number of H-pyrrole nitrogens is 1. The summed E-state index contributed by atoms with van der Waals surface area (Å²) in [5, 5.41) is 4.63. The van der Waals surface area contributed by atoms with Gasteiger partial charge in [0.2, 0.25) is 0 Å². The van der Waals surface area contributed by atoms with E-state index in [-0.39, 0.29) is 0 Å². The van der Waals surface area contributed by atoms with Gasteiger partial charge in [0, 0.05) is 62.1 Å². The largest absolute Gasteiger partial charge is 0.378 e. The minimum Gasteiger partial charge on any atom is -0.378 e. The molecular formula is C23H26N6O. The number of amidine groups is 1. The summed E-state index contributed by atoms with van der Waals surface area (Å²) >= 11 is 0. The fourth-order valence-corrected chi connectivity index (χ4v) is 4.03. The summed E-state index contributed by atoms with van der Waals surface area (Å²) in [6.45, 7) is 4.96. The molecular weight excluding hydrogens is 376 g/mol. The van der Waals surface area contributed by atoms with Gasteiger partial charge in [0.25, 0.3) is 0 Å². The minimum atomic E-state index is 0.733. The fourth-order valence-electron chi connectivity index (χ4n) is 4.03. The van der Waals surface area contributed by atoms with Gasteiger partial charge in [-0.05, 0) is 35.7 Å². The average Bonchev–Trinajstić information content (AvgIpc) is 3.22. The SMILES string of the molecule is C1=C(CNc2ccc(Cc3c[nH]c4ncccc34)cn2)C(N2CCOCC2)=NCC1. The molecule has 2 aliphatic rings. The van der Waals surface area contributed by atoms with Crippen molar-refractivity contribution in [1.29, 1.82) is 0 Å². The first-order valence-corrected chi connectivity index (χ1v) is 10.5. The highest BCUT2D eigenvalue weighted by Crippen LogP contribution is 2.20. The van der Waals surface area contributed by atoms with E-state index in [1.165, 1.54) is 22.1 Å². The van der Waals surface area contributed by atoms with Crippen LogP contribution in [0, 0.1) is 0 Å². The van der Waals surface area contributed by atoms with Crippen molar-refractivity contribution in [2.45, 2.75) is 12.8 Å². The molecule has 3 aromatic rings. The number of nitrogens with zero attached hydrogens (tertiary/aromatic N) is 4. The number of aromatic nitrogens is 3. The Morgan fingerprint density at radius 2 is 2.07 bits per heavy atom. The second-order valence-corrected chi connectivity index (χ2v) is 7.62. The number of pyridine rings is 2. The lowest BCUT2D eigenvalue weighted by atomic mass is 10.1. The summed E-state index contributed by atoms with van der Waals surface area (Å²) in [6, 6.07) is 8.26. The van der Waals surface area contributed by atoms with Crippen LogP contribution in [-0.4, -0.2) is 65.1 Å². The van der Waals surface area contributed by atoms with Crippen molar-refractivity contribution in [2.24, 2.45) is 4.99 Å². The number of nitrogens with one attached hydrogen (secondary N) is 2. The van der Waals surface area contributed by atoms with Crippen LogP contribution in [0.2, 0.25) is 0 Å². The zero-order valence-corrected chi connectivity index (χ0v) is 17.0. The molecule has 7 nitrogen and oxygen atoms in total. The highest BCUT2D eigenvalue weighted by molar-refractivity contribution is 5.99. The molecule has 0 radical (unpaired) electrons. The number of aromatic amines is 1. The number of hydrogen-bond acceptors (Lipinski definition) is 6. The molecule has 2 aliphatic heterocycles. The maximum absolute atomic E-state index is 5.48.